The van der Waals surface area contributed by atoms with Crippen molar-refractivity contribution < 1.29 is 19.1 Å². The van der Waals surface area contributed by atoms with Crippen LogP contribution < -0.4 is 4.90 Å². The number of ether oxygens (including phenoxy) is 2. The highest BCUT2D eigenvalue weighted by atomic mass is 16.6. The van der Waals surface area contributed by atoms with Crippen LogP contribution in [0.15, 0.2) is 54.6 Å². The summed E-state index contributed by atoms with van der Waals surface area (Å²) in [5.74, 6) is -1.01. The first kappa shape index (κ1) is 20.5. The summed E-state index contributed by atoms with van der Waals surface area (Å²) in [7, 11) is 1.97. The molecule has 2 aliphatic rings. The maximum atomic E-state index is 13.5. The van der Waals surface area contributed by atoms with Crippen molar-refractivity contribution in [2.45, 2.75) is 44.6 Å². The summed E-state index contributed by atoms with van der Waals surface area (Å²) < 4.78 is 11.0. The number of nitrogens with zero attached hydrogens (tertiary/aromatic N) is 1. The van der Waals surface area contributed by atoms with E-state index >= 15 is 0 Å². The van der Waals surface area contributed by atoms with Gasteiger partial charge in [0.15, 0.2) is 5.41 Å². The van der Waals surface area contributed by atoms with E-state index in [9.17, 15) is 9.59 Å². The third-order valence-corrected chi connectivity index (χ3v) is 7.02. The zero-order valence-electron chi connectivity index (χ0n) is 18.1. The van der Waals surface area contributed by atoms with E-state index < -0.39 is 28.8 Å². The van der Waals surface area contributed by atoms with Gasteiger partial charge in [0.2, 0.25) is 0 Å². The lowest BCUT2D eigenvalue weighted by molar-refractivity contribution is -0.173. The van der Waals surface area contributed by atoms with Crippen LogP contribution in [0, 0.1) is 5.41 Å². The highest BCUT2D eigenvalue weighted by Gasteiger charge is 2.73. The molecule has 1 fully saturated rings. The van der Waals surface area contributed by atoms with Gasteiger partial charge in [-0.3, -0.25) is 9.59 Å². The predicted octanol–water partition coefficient (Wildman–Crippen LogP) is 4.06. The lowest BCUT2D eigenvalue weighted by Crippen LogP contribution is -2.56. The molecule has 0 bridgehead atoms. The number of likely N-dealkylation sites (N-methyl/N-ethyl adjacent to an activating group) is 1. The van der Waals surface area contributed by atoms with E-state index in [0.717, 1.165) is 16.8 Å². The molecule has 0 spiro atoms. The van der Waals surface area contributed by atoms with Crippen LogP contribution in [0.3, 0.4) is 0 Å². The number of hydrogen-bond acceptors (Lipinski definition) is 5. The second-order valence-corrected chi connectivity index (χ2v) is 8.39. The zero-order chi connectivity index (χ0) is 21.5. The summed E-state index contributed by atoms with van der Waals surface area (Å²) >= 11 is 0. The third-order valence-electron chi connectivity index (χ3n) is 7.02. The number of hydrogen-bond donors (Lipinski definition) is 0. The van der Waals surface area contributed by atoms with Crippen molar-refractivity contribution in [1.29, 1.82) is 0 Å². The molecule has 0 aromatic heterocycles. The maximum Gasteiger partial charge on any atom is 0.325 e. The Morgan fingerprint density at radius 3 is 2.13 bits per heavy atom. The molecule has 0 amide bonds. The Bertz CT molecular complexity index is 939. The monoisotopic (exact) mass is 407 g/mol. The average Bonchev–Trinajstić information content (AvgIpc) is 3.17. The summed E-state index contributed by atoms with van der Waals surface area (Å²) in [6, 6.07) is 18.0. The van der Waals surface area contributed by atoms with Gasteiger partial charge in [-0.15, -0.1) is 0 Å². The molecule has 1 saturated carbocycles. The van der Waals surface area contributed by atoms with Gasteiger partial charge in [-0.1, -0.05) is 55.5 Å². The van der Waals surface area contributed by atoms with Gasteiger partial charge in [0.1, 0.15) is 0 Å². The standard InChI is InChI=1S/C25H29NO4/c1-5-29-22(27)25(23(28)30-6-2)16-19(17-12-8-7-9-13-17)24(3)18-14-10-11-15-20(18)26(4)21(24)25/h7-15,19,21H,5-6,16H2,1-4H3/t19-,21+,24+/m0/s1. The summed E-state index contributed by atoms with van der Waals surface area (Å²) in [5.41, 5.74) is 1.47. The second kappa shape index (κ2) is 7.46. The van der Waals surface area contributed by atoms with Crippen LogP contribution >= 0.6 is 0 Å². The number of esters is 2. The van der Waals surface area contributed by atoms with Crippen molar-refractivity contribution in [3.8, 4) is 0 Å². The van der Waals surface area contributed by atoms with Crippen molar-refractivity contribution >= 4 is 17.6 Å². The third kappa shape index (κ3) is 2.60. The van der Waals surface area contributed by atoms with Crippen LogP contribution in [-0.2, 0) is 24.5 Å². The van der Waals surface area contributed by atoms with Crippen molar-refractivity contribution in [2.75, 3.05) is 25.2 Å². The molecule has 5 heteroatoms. The fraction of sp³-hybridized carbons (Fsp3) is 0.440. The van der Waals surface area contributed by atoms with E-state index in [-0.39, 0.29) is 19.1 Å². The van der Waals surface area contributed by atoms with E-state index in [1.165, 1.54) is 0 Å². The predicted molar refractivity (Wildman–Crippen MR) is 115 cm³/mol. The van der Waals surface area contributed by atoms with Crippen LogP contribution in [0.5, 0.6) is 0 Å². The Balaban J connectivity index is 1.98. The summed E-state index contributed by atoms with van der Waals surface area (Å²) in [6.45, 7) is 6.16. The summed E-state index contributed by atoms with van der Waals surface area (Å²) in [6.07, 6.45) is 0.356. The Morgan fingerprint density at radius 1 is 0.967 bits per heavy atom. The van der Waals surface area contributed by atoms with Crippen LogP contribution in [0.4, 0.5) is 5.69 Å². The Kier molecular flexibility index (Phi) is 5.08. The quantitative estimate of drug-likeness (QED) is 0.553. The molecular formula is C25H29NO4. The van der Waals surface area contributed by atoms with E-state index in [0.29, 0.717) is 6.42 Å². The largest absolute Gasteiger partial charge is 0.465 e. The molecule has 5 nitrogen and oxygen atoms in total. The molecule has 4 rings (SSSR count). The molecule has 158 valence electrons. The van der Waals surface area contributed by atoms with Crippen molar-refractivity contribution in [3.63, 3.8) is 0 Å². The van der Waals surface area contributed by atoms with Crippen LogP contribution in [0.25, 0.3) is 0 Å². The molecule has 0 unspecified atom stereocenters. The Hall–Kier alpha value is -2.82. The molecule has 30 heavy (non-hydrogen) atoms. The number of carbonyl (C=O) groups is 2. The number of carbonyl (C=O) groups excluding carboxylic acids is 2. The van der Waals surface area contributed by atoms with Gasteiger partial charge < -0.3 is 14.4 Å². The lowest BCUT2D eigenvalue weighted by Gasteiger charge is -2.39. The highest BCUT2D eigenvalue weighted by Crippen LogP contribution is 2.66. The maximum absolute atomic E-state index is 13.5. The first-order chi connectivity index (χ1) is 14.4. The lowest BCUT2D eigenvalue weighted by atomic mass is 9.69. The molecule has 3 atom stereocenters. The zero-order valence-corrected chi connectivity index (χ0v) is 18.1. The van der Waals surface area contributed by atoms with Crippen LogP contribution in [0.1, 0.15) is 44.2 Å². The minimum atomic E-state index is -1.39. The fourth-order valence-corrected chi connectivity index (χ4v) is 5.93. The van der Waals surface area contributed by atoms with Gasteiger partial charge in [-0.05, 0) is 43.4 Å². The number of para-hydroxylation sites is 1. The van der Waals surface area contributed by atoms with Crippen molar-refractivity contribution in [2.24, 2.45) is 5.41 Å². The smallest absolute Gasteiger partial charge is 0.325 e. The molecule has 1 heterocycles. The number of benzene rings is 2. The molecule has 0 radical (unpaired) electrons. The minimum absolute atomic E-state index is 0.0383. The SMILES string of the molecule is CCOC(=O)C1(C(=O)OCC)C[C@@H](c2ccccc2)[C@@]2(C)c3ccccc3N(C)[C@@H]12. The van der Waals surface area contributed by atoms with Crippen molar-refractivity contribution in [1.82, 2.24) is 0 Å². The normalized spacial score (nSPS) is 26.1. The minimum Gasteiger partial charge on any atom is -0.465 e. The first-order valence-corrected chi connectivity index (χ1v) is 10.6. The average molecular weight is 408 g/mol. The van der Waals surface area contributed by atoms with Gasteiger partial charge in [0.05, 0.1) is 19.3 Å². The number of fused-ring (bicyclic) bond motifs is 3. The second-order valence-electron chi connectivity index (χ2n) is 8.39. The van der Waals surface area contributed by atoms with Gasteiger partial charge in [-0.2, -0.15) is 0 Å². The fourth-order valence-electron chi connectivity index (χ4n) is 5.93. The van der Waals surface area contributed by atoms with Gasteiger partial charge in [-0.25, -0.2) is 0 Å². The first-order valence-electron chi connectivity index (χ1n) is 10.6. The van der Waals surface area contributed by atoms with Gasteiger partial charge in [0, 0.05) is 18.2 Å². The van der Waals surface area contributed by atoms with Crippen LogP contribution in [0.2, 0.25) is 0 Å². The molecule has 1 aliphatic heterocycles. The topological polar surface area (TPSA) is 55.8 Å². The Labute approximate surface area is 178 Å². The van der Waals surface area contributed by atoms with E-state index in [1.54, 1.807) is 13.8 Å². The van der Waals surface area contributed by atoms with Gasteiger partial charge in [0.25, 0.3) is 0 Å². The molecule has 2 aromatic rings. The summed E-state index contributed by atoms with van der Waals surface area (Å²) in [4.78, 5) is 29.1. The molecule has 1 aliphatic carbocycles. The molecular weight excluding hydrogens is 378 g/mol. The molecule has 2 aromatic carbocycles. The highest BCUT2D eigenvalue weighted by molar-refractivity contribution is 6.03. The number of anilines is 1. The number of rotatable bonds is 5. The van der Waals surface area contributed by atoms with Crippen LogP contribution in [-0.4, -0.2) is 38.2 Å². The summed E-state index contributed by atoms with van der Waals surface area (Å²) in [5, 5.41) is 0. The van der Waals surface area contributed by atoms with Crippen molar-refractivity contribution in [3.05, 3.63) is 65.7 Å². The molecule has 0 N–H and O–H groups in total. The van der Waals surface area contributed by atoms with E-state index in [2.05, 4.69) is 36.1 Å². The molecule has 0 saturated heterocycles. The van der Waals surface area contributed by atoms with E-state index in [4.69, 9.17) is 9.47 Å². The van der Waals surface area contributed by atoms with E-state index in [1.807, 2.05) is 37.4 Å². The van der Waals surface area contributed by atoms with Gasteiger partial charge >= 0.3 is 11.9 Å². The Morgan fingerprint density at radius 2 is 1.53 bits per heavy atom.